The highest BCUT2D eigenvalue weighted by atomic mass is 16.6. The number of urea groups is 1. The Labute approximate surface area is 168 Å². The third kappa shape index (κ3) is 4.31. The van der Waals surface area contributed by atoms with E-state index in [-0.39, 0.29) is 12.1 Å². The molecule has 2 N–H and O–H groups in total. The van der Waals surface area contributed by atoms with Crippen molar-refractivity contribution in [1.82, 2.24) is 25.4 Å². The second kappa shape index (κ2) is 8.64. The van der Waals surface area contributed by atoms with Crippen LogP contribution in [0, 0.1) is 0 Å². The molecule has 1 atom stereocenters. The Morgan fingerprint density at radius 2 is 2.03 bits per heavy atom. The minimum atomic E-state index is -0.248. The van der Waals surface area contributed by atoms with Gasteiger partial charge in [0.05, 0.1) is 6.04 Å². The molecule has 2 aromatic heterocycles. The molecular formula is C21H23N5O3. The van der Waals surface area contributed by atoms with Crippen LogP contribution in [0.4, 0.5) is 4.79 Å². The molecule has 150 valence electrons. The lowest BCUT2D eigenvalue weighted by molar-refractivity contribution is 0.171. The topological polar surface area (TPSA) is 90.3 Å². The molecule has 8 nitrogen and oxygen atoms in total. The smallest absolute Gasteiger partial charge is 0.315 e. The summed E-state index contributed by atoms with van der Waals surface area (Å²) in [6.07, 6.45) is 5.97. The summed E-state index contributed by atoms with van der Waals surface area (Å²) >= 11 is 0. The first-order chi connectivity index (χ1) is 14.2. The number of pyridine rings is 1. The molecule has 0 saturated carbocycles. The van der Waals surface area contributed by atoms with E-state index in [0.29, 0.717) is 31.3 Å². The molecule has 1 aliphatic heterocycles. The van der Waals surface area contributed by atoms with E-state index in [9.17, 15) is 4.79 Å². The van der Waals surface area contributed by atoms with Gasteiger partial charge in [-0.2, -0.15) is 5.10 Å². The van der Waals surface area contributed by atoms with Gasteiger partial charge in [0.1, 0.15) is 13.2 Å². The van der Waals surface area contributed by atoms with Crippen LogP contribution in [0.25, 0.3) is 5.82 Å². The van der Waals surface area contributed by atoms with Crippen molar-refractivity contribution in [3.8, 4) is 17.3 Å². The number of aromatic nitrogens is 3. The number of nitrogens with one attached hydrogen (secondary N) is 2. The molecule has 4 rings (SSSR count). The van der Waals surface area contributed by atoms with Gasteiger partial charge in [0, 0.05) is 30.7 Å². The fourth-order valence-corrected chi connectivity index (χ4v) is 3.25. The molecule has 2 amide bonds. The molecule has 1 aromatic carbocycles. The van der Waals surface area contributed by atoms with Crippen LogP contribution < -0.4 is 20.1 Å². The molecule has 0 fully saturated rings. The van der Waals surface area contributed by atoms with Gasteiger partial charge in [-0.1, -0.05) is 19.1 Å². The Morgan fingerprint density at radius 3 is 2.83 bits per heavy atom. The first-order valence-electron chi connectivity index (χ1n) is 9.62. The maximum Gasteiger partial charge on any atom is 0.315 e. The summed E-state index contributed by atoms with van der Waals surface area (Å²) in [5.74, 6) is 2.15. The summed E-state index contributed by atoms with van der Waals surface area (Å²) in [6, 6.07) is 11.0. The lowest BCUT2D eigenvalue weighted by Gasteiger charge is -2.22. The van der Waals surface area contributed by atoms with Gasteiger partial charge in [-0.15, -0.1) is 0 Å². The average Bonchev–Trinajstić information content (AvgIpc) is 3.30. The number of ether oxygens (including phenoxy) is 2. The molecule has 3 heterocycles. The van der Waals surface area contributed by atoms with Crippen LogP contribution in [0.5, 0.6) is 11.5 Å². The van der Waals surface area contributed by atoms with Gasteiger partial charge >= 0.3 is 6.03 Å². The molecule has 0 saturated heterocycles. The Balaban J connectivity index is 1.40. The first-order valence-corrected chi connectivity index (χ1v) is 9.62. The zero-order chi connectivity index (χ0) is 20.1. The van der Waals surface area contributed by atoms with E-state index in [1.165, 1.54) is 0 Å². The van der Waals surface area contributed by atoms with Crippen molar-refractivity contribution < 1.29 is 14.3 Å². The number of amides is 2. The maximum atomic E-state index is 12.5. The third-order valence-electron chi connectivity index (χ3n) is 4.71. The van der Waals surface area contributed by atoms with Crippen molar-refractivity contribution in [3.05, 3.63) is 66.1 Å². The van der Waals surface area contributed by atoms with Crippen LogP contribution in [-0.4, -0.2) is 34.0 Å². The number of carbonyl (C=O) groups is 1. The summed E-state index contributed by atoms with van der Waals surface area (Å²) in [5.41, 5.74) is 1.85. The SMILES string of the molecule is CCC(NC(=O)NCc1cccnc1-n1cccn1)c1ccc2c(c1)OCCO2. The van der Waals surface area contributed by atoms with Gasteiger partial charge < -0.3 is 20.1 Å². The van der Waals surface area contributed by atoms with Crippen LogP contribution >= 0.6 is 0 Å². The number of rotatable bonds is 6. The molecule has 29 heavy (non-hydrogen) atoms. The summed E-state index contributed by atoms with van der Waals surface area (Å²) in [5, 5.41) is 10.2. The molecule has 0 spiro atoms. The molecule has 8 heteroatoms. The largest absolute Gasteiger partial charge is 0.486 e. The van der Waals surface area contributed by atoms with E-state index in [0.717, 1.165) is 23.3 Å². The van der Waals surface area contributed by atoms with Crippen molar-refractivity contribution in [3.63, 3.8) is 0 Å². The molecular weight excluding hydrogens is 370 g/mol. The highest BCUT2D eigenvalue weighted by Gasteiger charge is 2.18. The molecule has 3 aromatic rings. The quantitative estimate of drug-likeness (QED) is 0.672. The molecule has 0 radical (unpaired) electrons. The number of benzene rings is 1. The minimum Gasteiger partial charge on any atom is -0.486 e. The third-order valence-corrected chi connectivity index (χ3v) is 4.71. The van der Waals surface area contributed by atoms with Gasteiger partial charge in [-0.05, 0) is 36.2 Å². The van der Waals surface area contributed by atoms with Gasteiger partial charge in [-0.3, -0.25) is 0 Å². The number of nitrogens with zero attached hydrogens (tertiary/aromatic N) is 3. The first kappa shape index (κ1) is 18.8. The van der Waals surface area contributed by atoms with E-state index in [4.69, 9.17) is 9.47 Å². The second-order valence-electron chi connectivity index (χ2n) is 6.63. The van der Waals surface area contributed by atoms with Gasteiger partial charge in [0.2, 0.25) is 0 Å². The zero-order valence-corrected chi connectivity index (χ0v) is 16.2. The van der Waals surface area contributed by atoms with Crippen LogP contribution in [0.3, 0.4) is 0 Å². The van der Waals surface area contributed by atoms with E-state index >= 15 is 0 Å². The number of fused-ring (bicyclic) bond motifs is 1. The predicted molar refractivity (Wildman–Crippen MR) is 107 cm³/mol. The monoisotopic (exact) mass is 393 g/mol. The van der Waals surface area contributed by atoms with Crippen molar-refractivity contribution in [2.75, 3.05) is 13.2 Å². The van der Waals surface area contributed by atoms with E-state index in [1.54, 1.807) is 17.1 Å². The van der Waals surface area contributed by atoms with E-state index in [1.807, 2.05) is 49.5 Å². The maximum absolute atomic E-state index is 12.5. The Hall–Kier alpha value is -3.55. The fourth-order valence-electron chi connectivity index (χ4n) is 3.25. The normalized spacial score (nSPS) is 13.6. The van der Waals surface area contributed by atoms with Crippen LogP contribution in [-0.2, 0) is 6.54 Å². The van der Waals surface area contributed by atoms with Crippen LogP contribution in [0.2, 0.25) is 0 Å². The highest BCUT2D eigenvalue weighted by Crippen LogP contribution is 2.33. The average molecular weight is 393 g/mol. The van der Waals surface area contributed by atoms with Crippen LogP contribution in [0.1, 0.15) is 30.5 Å². The van der Waals surface area contributed by atoms with E-state index in [2.05, 4.69) is 20.7 Å². The predicted octanol–water partition coefficient (Wildman–Crippen LogP) is 2.99. The standard InChI is InChI=1S/C21H23N5O3/c1-2-17(15-6-7-18-19(13-15)29-12-11-28-18)25-21(27)23-14-16-5-3-8-22-20(16)26-10-4-9-24-26/h3-10,13,17H,2,11-12,14H2,1H3,(H2,23,25,27). The summed E-state index contributed by atoms with van der Waals surface area (Å²) < 4.78 is 12.9. The molecule has 1 aliphatic rings. The number of hydrogen-bond acceptors (Lipinski definition) is 5. The van der Waals surface area contributed by atoms with Crippen LogP contribution in [0.15, 0.2) is 55.0 Å². The van der Waals surface area contributed by atoms with Crippen molar-refractivity contribution in [2.24, 2.45) is 0 Å². The summed E-state index contributed by atoms with van der Waals surface area (Å²) in [7, 11) is 0. The molecule has 0 aliphatic carbocycles. The molecule has 1 unspecified atom stereocenters. The van der Waals surface area contributed by atoms with Gasteiger partial charge in [0.15, 0.2) is 17.3 Å². The summed E-state index contributed by atoms with van der Waals surface area (Å²) in [4.78, 5) is 16.9. The minimum absolute atomic E-state index is 0.134. The van der Waals surface area contributed by atoms with E-state index < -0.39 is 0 Å². The Morgan fingerprint density at radius 1 is 1.17 bits per heavy atom. The zero-order valence-electron chi connectivity index (χ0n) is 16.2. The van der Waals surface area contributed by atoms with Crippen molar-refractivity contribution in [1.29, 1.82) is 0 Å². The van der Waals surface area contributed by atoms with Crippen molar-refractivity contribution in [2.45, 2.75) is 25.9 Å². The summed E-state index contributed by atoms with van der Waals surface area (Å²) in [6.45, 7) is 3.45. The second-order valence-corrected chi connectivity index (χ2v) is 6.63. The van der Waals surface area contributed by atoms with Gasteiger partial charge in [0.25, 0.3) is 0 Å². The van der Waals surface area contributed by atoms with Gasteiger partial charge in [-0.25, -0.2) is 14.5 Å². The Kier molecular flexibility index (Phi) is 5.60. The lowest BCUT2D eigenvalue weighted by Crippen LogP contribution is -2.37. The molecule has 0 bridgehead atoms. The fraction of sp³-hybridized carbons (Fsp3) is 0.286. The highest BCUT2D eigenvalue weighted by molar-refractivity contribution is 5.74. The van der Waals surface area contributed by atoms with Crippen molar-refractivity contribution >= 4 is 6.03 Å². The number of carbonyl (C=O) groups excluding carboxylic acids is 1. The lowest BCUT2D eigenvalue weighted by atomic mass is 10.0. The Bertz CT molecular complexity index is 974. The number of hydrogen-bond donors (Lipinski definition) is 2.